The highest BCUT2D eigenvalue weighted by atomic mass is 28.3. The van der Waals surface area contributed by atoms with E-state index in [1.165, 1.54) is 16.8 Å². The SMILES string of the molecule is Cc1ccc2c(c1)[Si](C)(C)C(c1ccccc1)N2. The van der Waals surface area contributed by atoms with E-state index in [1.54, 1.807) is 5.19 Å². The zero-order valence-electron chi connectivity index (χ0n) is 11.2. The Morgan fingerprint density at radius 2 is 1.72 bits per heavy atom. The number of fused-ring (bicyclic) bond motifs is 1. The number of aryl methyl sites for hydroxylation is 1. The van der Waals surface area contributed by atoms with Gasteiger partial charge >= 0.3 is 0 Å². The zero-order valence-corrected chi connectivity index (χ0v) is 12.2. The summed E-state index contributed by atoms with van der Waals surface area (Å²) in [5, 5.41) is 5.30. The first-order valence-electron chi connectivity index (χ1n) is 6.51. The molecule has 0 aliphatic carbocycles. The molecule has 2 aromatic rings. The molecule has 0 fully saturated rings. The lowest BCUT2D eigenvalue weighted by molar-refractivity contribution is 1.07. The smallest absolute Gasteiger partial charge is 0.113 e. The van der Waals surface area contributed by atoms with Gasteiger partial charge in [0.15, 0.2) is 0 Å². The van der Waals surface area contributed by atoms with Crippen molar-refractivity contribution < 1.29 is 0 Å². The fraction of sp³-hybridized carbons (Fsp3) is 0.250. The van der Waals surface area contributed by atoms with Gasteiger partial charge in [-0.2, -0.15) is 0 Å². The average molecular weight is 253 g/mol. The Kier molecular flexibility index (Phi) is 2.56. The molecule has 92 valence electrons. The molecule has 1 aliphatic rings. The fourth-order valence-electron chi connectivity index (χ4n) is 2.95. The van der Waals surface area contributed by atoms with Crippen LogP contribution in [0.2, 0.25) is 13.1 Å². The summed E-state index contributed by atoms with van der Waals surface area (Å²) < 4.78 is 0. The van der Waals surface area contributed by atoms with E-state index in [0.29, 0.717) is 5.67 Å². The van der Waals surface area contributed by atoms with E-state index in [4.69, 9.17) is 0 Å². The largest absolute Gasteiger partial charge is 0.381 e. The summed E-state index contributed by atoms with van der Waals surface area (Å²) >= 11 is 0. The predicted molar refractivity (Wildman–Crippen MR) is 81.1 cm³/mol. The van der Waals surface area contributed by atoms with E-state index in [2.05, 4.69) is 73.9 Å². The van der Waals surface area contributed by atoms with E-state index in [1.807, 2.05) is 0 Å². The molecular weight excluding hydrogens is 234 g/mol. The molecule has 18 heavy (non-hydrogen) atoms. The van der Waals surface area contributed by atoms with E-state index >= 15 is 0 Å². The van der Waals surface area contributed by atoms with Crippen LogP contribution in [0.3, 0.4) is 0 Å². The average Bonchev–Trinajstić information content (AvgIpc) is 2.63. The van der Waals surface area contributed by atoms with Gasteiger partial charge < -0.3 is 5.32 Å². The van der Waals surface area contributed by atoms with Gasteiger partial charge in [-0.25, -0.2) is 0 Å². The van der Waals surface area contributed by atoms with Gasteiger partial charge in [-0.1, -0.05) is 61.1 Å². The fourth-order valence-corrected chi connectivity index (χ4v) is 6.26. The van der Waals surface area contributed by atoms with Crippen LogP contribution in [0.15, 0.2) is 48.5 Å². The molecule has 1 N–H and O–H groups in total. The van der Waals surface area contributed by atoms with Crippen molar-refractivity contribution in [2.45, 2.75) is 25.7 Å². The van der Waals surface area contributed by atoms with Crippen LogP contribution < -0.4 is 10.5 Å². The summed E-state index contributed by atoms with van der Waals surface area (Å²) in [7, 11) is -1.47. The van der Waals surface area contributed by atoms with Gasteiger partial charge in [-0.3, -0.25) is 0 Å². The first kappa shape index (κ1) is 11.5. The molecule has 1 atom stereocenters. The second kappa shape index (κ2) is 3.99. The van der Waals surface area contributed by atoms with Gasteiger partial charge in [0, 0.05) is 11.4 Å². The summed E-state index contributed by atoms with van der Waals surface area (Å²) in [4.78, 5) is 0. The third kappa shape index (κ3) is 1.68. The Labute approximate surface area is 110 Å². The van der Waals surface area contributed by atoms with Crippen molar-refractivity contribution in [2.75, 3.05) is 5.32 Å². The van der Waals surface area contributed by atoms with Gasteiger partial charge in [-0.15, -0.1) is 0 Å². The Balaban J connectivity index is 2.08. The second-order valence-corrected chi connectivity index (χ2v) is 10.3. The van der Waals surface area contributed by atoms with Crippen molar-refractivity contribution in [1.82, 2.24) is 0 Å². The third-order valence-corrected chi connectivity index (χ3v) is 7.75. The maximum Gasteiger partial charge on any atom is 0.113 e. The number of hydrogen-bond donors (Lipinski definition) is 1. The van der Waals surface area contributed by atoms with Crippen LogP contribution in [-0.2, 0) is 0 Å². The first-order valence-corrected chi connectivity index (χ1v) is 9.59. The second-order valence-electron chi connectivity index (χ2n) is 5.76. The summed E-state index contributed by atoms with van der Waals surface area (Å²) in [6.07, 6.45) is 0. The van der Waals surface area contributed by atoms with Crippen molar-refractivity contribution in [3.8, 4) is 0 Å². The minimum absolute atomic E-state index is 0.496. The van der Waals surface area contributed by atoms with Crippen LogP contribution in [0.4, 0.5) is 5.69 Å². The Hall–Kier alpha value is -1.54. The number of benzene rings is 2. The lowest BCUT2D eigenvalue weighted by Crippen LogP contribution is -2.44. The molecule has 1 unspecified atom stereocenters. The van der Waals surface area contributed by atoms with Gasteiger partial charge in [0.25, 0.3) is 0 Å². The van der Waals surface area contributed by atoms with Crippen LogP contribution >= 0.6 is 0 Å². The van der Waals surface area contributed by atoms with Gasteiger partial charge in [0.1, 0.15) is 8.07 Å². The Bertz CT molecular complexity index is 575. The maximum atomic E-state index is 3.73. The summed E-state index contributed by atoms with van der Waals surface area (Å²) in [5.74, 6) is 0. The molecule has 0 saturated heterocycles. The summed E-state index contributed by atoms with van der Waals surface area (Å²) in [6.45, 7) is 7.10. The molecule has 0 amide bonds. The number of nitrogens with one attached hydrogen (secondary N) is 1. The summed E-state index contributed by atoms with van der Waals surface area (Å²) in [5.41, 5.74) is 4.62. The molecule has 1 heterocycles. The van der Waals surface area contributed by atoms with Crippen LogP contribution in [0.25, 0.3) is 0 Å². The quantitative estimate of drug-likeness (QED) is 0.766. The van der Waals surface area contributed by atoms with Gasteiger partial charge in [0.2, 0.25) is 0 Å². The normalized spacial score (nSPS) is 20.3. The maximum absolute atomic E-state index is 3.73. The molecule has 0 saturated carbocycles. The molecule has 0 spiro atoms. The zero-order chi connectivity index (χ0) is 12.8. The van der Waals surface area contributed by atoms with Crippen molar-refractivity contribution in [2.24, 2.45) is 0 Å². The van der Waals surface area contributed by atoms with Crippen molar-refractivity contribution >= 4 is 18.9 Å². The van der Waals surface area contributed by atoms with Crippen LogP contribution in [0.1, 0.15) is 16.8 Å². The monoisotopic (exact) mass is 253 g/mol. The van der Waals surface area contributed by atoms with E-state index in [0.717, 1.165) is 0 Å². The van der Waals surface area contributed by atoms with Crippen LogP contribution in [0, 0.1) is 6.92 Å². The molecule has 0 radical (unpaired) electrons. The molecule has 0 aromatic heterocycles. The standard InChI is InChI=1S/C16H19NSi/c1-12-9-10-14-15(11-12)18(2,3)16(17-14)13-7-5-4-6-8-13/h4-11,16-17H,1-3H3. The predicted octanol–water partition coefficient (Wildman–Crippen LogP) is 3.62. The molecular formula is C16H19NSi. The van der Waals surface area contributed by atoms with Gasteiger partial charge in [0.05, 0.1) is 0 Å². The molecule has 3 rings (SSSR count). The van der Waals surface area contributed by atoms with Crippen molar-refractivity contribution in [3.05, 3.63) is 59.7 Å². The number of anilines is 1. The van der Waals surface area contributed by atoms with Crippen molar-refractivity contribution in [1.29, 1.82) is 0 Å². The van der Waals surface area contributed by atoms with Crippen LogP contribution in [-0.4, -0.2) is 8.07 Å². The molecule has 2 heteroatoms. The third-order valence-electron chi connectivity index (χ3n) is 4.02. The molecule has 1 nitrogen and oxygen atoms in total. The lowest BCUT2D eigenvalue weighted by atomic mass is 10.2. The van der Waals surface area contributed by atoms with E-state index in [9.17, 15) is 0 Å². The van der Waals surface area contributed by atoms with Crippen LogP contribution in [0.5, 0.6) is 0 Å². The number of hydrogen-bond acceptors (Lipinski definition) is 1. The molecule has 1 aliphatic heterocycles. The minimum atomic E-state index is -1.47. The summed E-state index contributed by atoms with van der Waals surface area (Å²) in [6, 6.07) is 17.6. The number of rotatable bonds is 1. The molecule has 2 aromatic carbocycles. The lowest BCUT2D eigenvalue weighted by Gasteiger charge is -2.26. The van der Waals surface area contributed by atoms with Gasteiger partial charge in [-0.05, 0) is 23.7 Å². The Morgan fingerprint density at radius 3 is 2.44 bits per heavy atom. The Morgan fingerprint density at radius 1 is 1.00 bits per heavy atom. The van der Waals surface area contributed by atoms with E-state index < -0.39 is 8.07 Å². The topological polar surface area (TPSA) is 12.0 Å². The highest BCUT2D eigenvalue weighted by Crippen LogP contribution is 2.35. The first-order chi connectivity index (χ1) is 8.59. The minimum Gasteiger partial charge on any atom is -0.381 e. The molecule has 0 bridgehead atoms. The van der Waals surface area contributed by atoms with Crippen molar-refractivity contribution in [3.63, 3.8) is 0 Å². The highest BCUT2D eigenvalue weighted by molar-refractivity contribution is 6.93. The highest BCUT2D eigenvalue weighted by Gasteiger charge is 2.41. The van der Waals surface area contributed by atoms with E-state index in [-0.39, 0.29) is 0 Å².